The Labute approximate surface area is 125 Å². The van der Waals surface area contributed by atoms with E-state index in [4.69, 9.17) is 10.5 Å². The zero-order chi connectivity index (χ0) is 15.2. The Morgan fingerprint density at radius 2 is 1.95 bits per heavy atom. The summed E-state index contributed by atoms with van der Waals surface area (Å²) in [4.78, 5) is 14.3. The molecule has 0 saturated carbocycles. The Balaban J connectivity index is 2.30. The Kier molecular flexibility index (Phi) is 4.95. The van der Waals surface area contributed by atoms with Crippen molar-refractivity contribution in [2.75, 3.05) is 18.6 Å². The number of hydrogen-bond acceptors (Lipinski definition) is 3. The summed E-state index contributed by atoms with van der Waals surface area (Å²) in [6, 6.07) is 14.9. The van der Waals surface area contributed by atoms with Crippen LogP contribution in [0.3, 0.4) is 0 Å². The fourth-order valence-corrected chi connectivity index (χ4v) is 2.11. The van der Waals surface area contributed by atoms with Crippen LogP contribution in [0.1, 0.15) is 22.8 Å². The second kappa shape index (κ2) is 6.90. The maximum Gasteiger partial charge on any atom is 0.261 e. The predicted molar refractivity (Wildman–Crippen MR) is 84.7 cm³/mol. The van der Waals surface area contributed by atoms with E-state index in [0.29, 0.717) is 24.5 Å². The summed E-state index contributed by atoms with van der Waals surface area (Å²) < 4.78 is 5.52. The van der Waals surface area contributed by atoms with E-state index in [1.54, 1.807) is 24.1 Å². The van der Waals surface area contributed by atoms with Gasteiger partial charge in [-0.1, -0.05) is 24.3 Å². The number of amides is 1. The maximum absolute atomic E-state index is 12.7. The molecule has 0 radical (unpaired) electrons. The van der Waals surface area contributed by atoms with Gasteiger partial charge in [0.1, 0.15) is 5.75 Å². The van der Waals surface area contributed by atoms with Crippen LogP contribution >= 0.6 is 0 Å². The highest BCUT2D eigenvalue weighted by molar-refractivity contribution is 6.07. The van der Waals surface area contributed by atoms with E-state index in [1.165, 1.54) is 0 Å². The Morgan fingerprint density at radius 3 is 2.67 bits per heavy atom. The molecule has 0 aliphatic carbocycles. The van der Waals surface area contributed by atoms with Crippen LogP contribution in [0.5, 0.6) is 5.75 Å². The topological polar surface area (TPSA) is 55.6 Å². The van der Waals surface area contributed by atoms with Crippen LogP contribution in [0, 0.1) is 0 Å². The van der Waals surface area contributed by atoms with E-state index in [1.807, 2.05) is 43.3 Å². The van der Waals surface area contributed by atoms with Crippen LogP contribution in [-0.4, -0.2) is 19.6 Å². The highest BCUT2D eigenvalue weighted by Crippen LogP contribution is 2.23. The van der Waals surface area contributed by atoms with Crippen LogP contribution in [0.15, 0.2) is 48.5 Å². The zero-order valence-electron chi connectivity index (χ0n) is 12.4. The van der Waals surface area contributed by atoms with Crippen LogP contribution in [0.2, 0.25) is 0 Å². The van der Waals surface area contributed by atoms with Gasteiger partial charge in [0, 0.05) is 19.3 Å². The summed E-state index contributed by atoms with van der Waals surface area (Å²) >= 11 is 0. The van der Waals surface area contributed by atoms with Crippen LogP contribution in [0.4, 0.5) is 5.69 Å². The van der Waals surface area contributed by atoms with Gasteiger partial charge in [0.2, 0.25) is 0 Å². The molecule has 0 heterocycles. The van der Waals surface area contributed by atoms with Crippen molar-refractivity contribution in [2.45, 2.75) is 13.5 Å². The van der Waals surface area contributed by atoms with Crippen LogP contribution < -0.4 is 15.4 Å². The van der Waals surface area contributed by atoms with E-state index in [-0.39, 0.29) is 5.91 Å². The molecule has 0 atom stereocenters. The molecular weight excluding hydrogens is 264 g/mol. The third-order valence-electron chi connectivity index (χ3n) is 3.26. The van der Waals surface area contributed by atoms with Gasteiger partial charge in [-0.3, -0.25) is 4.79 Å². The van der Waals surface area contributed by atoms with Crippen molar-refractivity contribution >= 4 is 11.6 Å². The predicted octanol–water partition coefficient (Wildman–Crippen LogP) is 2.82. The van der Waals surface area contributed by atoms with Gasteiger partial charge in [0.05, 0.1) is 12.2 Å². The largest absolute Gasteiger partial charge is 0.493 e. The van der Waals surface area contributed by atoms with Crippen molar-refractivity contribution in [1.82, 2.24) is 0 Å². The fourth-order valence-electron chi connectivity index (χ4n) is 2.11. The zero-order valence-corrected chi connectivity index (χ0v) is 12.4. The molecule has 1 amide bonds. The average Bonchev–Trinajstić information content (AvgIpc) is 2.54. The first-order chi connectivity index (χ1) is 10.2. The molecule has 0 aliphatic heterocycles. The van der Waals surface area contributed by atoms with Gasteiger partial charge in [-0.25, -0.2) is 0 Å². The molecule has 110 valence electrons. The summed E-state index contributed by atoms with van der Waals surface area (Å²) in [7, 11) is 1.75. The van der Waals surface area contributed by atoms with Gasteiger partial charge in [-0.15, -0.1) is 0 Å². The molecule has 4 heteroatoms. The van der Waals surface area contributed by atoms with Crippen molar-refractivity contribution in [3.05, 3.63) is 59.7 Å². The van der Waals surface area contributed by atoms with E-state index < -0.39 is 0 Å². The van der Waals surface area contributed by atoms with Gasteiger partial charge in [-0.2, -0.15) is 0 Å². The highest BCUT2D eigenvalue weighted by Gasteiger charge is 2.17. The molecule has 2 N–H and O–H groups in total. The molecule has 21 heavy (non-hydrogen) atoms. The third-order valence-corrected chi connectivity index (χ3v) is 3.26. The number of anilines is 1. The lowest BCUT2D eigenvalue weighted by molar-refractivity contribution is 0.0989. The smallest absolute Gasteiger partial charge is 0.261 e. The molecule has 4 nitrogen and oxygen atoms in total. The number of carbonyl (C=O) groups excluding carboxylic acids is 1. The molecule has 2 aromatic carbocycles. The maximum atomic E-state index is 12.7. The molecule has 0 bridgehead atoms. The van der Waals surface area contributed by atoms with Crippen molar-refractivity contribution in [3.8, 4) is 5.75 Å². The van der Waals surface area contributed by atoms with Crippen LogP contribution in [-0.2, 0) is 6.54 Å². The Morgan fingerprint density at radius 1 is 1.19 bits per heavy atom. The summed E-state index contributed by atoms with van der Waals surface area (Å²) in [5.74, 6) is 0.500. The van der Waals surface area contributed by atoms with Gasteiger partial charge >= 0.3 is 0 Å². The second-order valence-electron chi connectivity index (χ2n) is 4.67. The van der Waals surface area contributed by atoms with Gasteiger partial charge in [0.15, 0.2) is 0 Å². The minimum Gasteiger partial charge on any atom is -0.493 e. The Bertz CT molecular complexity index is 626. The van der Waals surface area contributed by atoms with E-state index in [2.05, 4.69) is 0 Å². The molecule has 2 aromatic rings. The minimum atomic E-state index is -0.103. The van der Waals surface area contributed by atoms with Crippen LogP contribution in [0.25, 0.3) is 0 Å². The Hall–Kier alpha value is -2.33. The molecule has 0 aliphatic rings. The lowest BCUT2D eigenvalue weighted by Crippen LogP contribution is -2.26. The SMILES string of the molecule is CCOc1ccccc1C(=O)N(C)c1cccc(CN)c1. The van der Waals surface area contributed by atoms with Gasteiger partial charge in [0.25, 0.3) is 5.91 Å². The average molecular weight is 284 g/mol. The first-order valence-electron chi connectivity index (χ1n) is 6.96. The lowest BCUT2D eigenvalue weighted by Gasteiger charge is -2.19. The molecular formula is C17H20N2O2. The first kappa shape index (κ1) is 15.1. The second-order valence-corrected chi connectivity index (χ2v) is 4.67. The number of nitrogens with zero attached hydrogens (tertiary/aromatic N) is 1. The number of ether oxygens (including phenoxy) is 1. The van der Waals surface area contributed by atoms with Crippen molar-refractivity contribution in [2.24, 2.45) is 5.73 Å². The lowest BCUT2D eigenvalue weighted by atomic mass is 10.1. The van der Waals surface area contributed by atoms with Crippen molar-refractivity contribution < 1.29 is 9.53 Å². The number of benzene rings is 2. The summed E-state index contributed by atoms with van der Waals surface area (Å²) in [5, 5.41) is 0. The number of rotatable bonds is 5. The molecule has 0 saturated heterocycles. The standard InChI is InChI=1S/C17H20N2O2/c1-3-21-16-10-5-4-9-15(16)17(20)19(2)14-8-6-7-13(11-14)12-18/h4-11H,3,12,18H2,1-2H3. The molecule has 0 spiro atoms. The monoisotopic (exact) mass is 284 g/mol. The van der Waals surface area contributed by atoms with Gasteiger partial charge in [-0.05, 0) is 36.8 Å². The van der Waals surface area contributed by atoms with Crippen molar-refractivity contribution in [1.29, 1.82) is 0 Å². The normalized spacial score (nSPS) is 10.2. The number of nitrogens with two attached hydrogens (primary N) is 1. The first-order valence-corrected chi connectivity index (χ1v) is 6.96. The third kappa shape index (κ3) is 3.41. The van der Waals surface area contributed by atoms with Gasteiger partial charge < -0.3 is 15.4 Å². The van der Waals surface area contributed by atoms with E-state index in [0.717, 1.165) is 11.3 Å². The van der Waals surface area contributed by atoms with Crippen molar-refractivity contribution in [3.63, 3.8) is 0 Å². The number of carbonyl (C=O) groups is 1. The summed E-state index contributed by atoms with van der Waals surface area (Å²) in [5.41, 5.74) is 8.01. The molecule has 0 unspecified atom stereocenters. The number of para-hydroxylation sites is 1. The molecule has 2 rings (SSSR count). The number of hydrogen-bond donors (Lipinski definition) is 1. The highest BCUT2D eigenvalue weighted by atomic mass is 16.5. The van der Waals surface area contributed by atoms with E-state index in [9.17, 15) is 4.79 Å². The minimum absolute atomic E-state index is 0.103. The van der Waals surface area contributed by atoms with E-state index >= 15 is 0 Å². The molecule has 0 aromatic heterocycles. The summed E-state index contributed by atoms with van der Waals surface area (Å²) in [6.07, 6.45) is 0. The summed E-state index contributed by atoms with van der Waals surface area (Å²) in [6.45, 7) is 2.87. The fraction of sp³-hybridized carbons (Fsp3) is 0.235. The quantitative estimate of drug-likeness (QED) is 0.918. The molecule has 0 fully saturated rings.